The Morgan fingerprint density at radius 2 is 1.90 bits per heavy atom. The van der Waals surface area contributed by atoms with E-state index in [1.807, 2.05) is 13.0 Å². The predicted octanol–water partition coefficient (Wildman–Crippen LogP) is 3.50. The second-order valence-corrected chi connectivity index (χ2v) is 4.89. The maximum Gasteiger partial charge on any atom is 0.251 e. The largest absolute Gasteiger partial charge is 0.346 e. The van der Waals surface area contributed by atoms with Crippen molar-refractivity contribution in [3.8, 4) is 6.07 Å². The molecule has 1 N–H and O–H groups in total. The van der Waals surface area contributed by atoms with Gasteiger partial charge in [-0.1, -0.05) is 12.1 Å². The Balaban J connectivity index is 2.10. The van der Waals surface area contributed by atoms with Gasteiger partial charge in [-0.05, 0) is 55.3 Å². The molecule has 4 heteroatoms. The van der Waals surface area contributed by atoms with Crippen LogP contribution in [0, 0.1) is 24.1 Å². The summed E-state index contributed by atoms with van der Waals surface area (Å²) in [5.41, 5.74) is 2.34. The van der Waals surface area contributed by atoms with Crippen LogP contribution in [-0.4, -0.2) is 5.91 Å². The number of halogens is 1. The number of carbonyl (C=O) groups is 1. The molecule has 21 heavy (non-hydrogen) atoms. The lowest BCUT2D eigenvalue weighted by atomic mass is 10.1. The van der Waals surface area contributed by atoms with E-state index in [1.54, 1.807) is 31.2 Å². The molecule has 0 radical (unpaired) electrons. The summed E-state index contributed by atoms with van der Waals surface area (Å²) in [5.74, 6) is -0.582. The minimum Gasteiger partial charge on any atom is -0.346 e. The molecule has 0 fully saturated rings. The number of nitrogens with one attached hydrogen (secondary N) is 1. The van der Waals surface area contributed by atoms with E-state index < -0.39 is 0 Å². The minimum atomic E-state index is -0.327. The first-order chi connectivity index (χ1) is 10.0. The molecule has 0 bridgehead atoms. The molecule has 0 aliphatic heterocycles. The van der Waals surface area contributed by atoms with Gasteiger partial charge in [0.2, 0.25) is 0 Å². The number of hydrogen-bond donors (Lipinski definition) is 1. The monoisotopic (exact) mass is 282 g/mol. The molecule has 3 nitrogen and oxygen atoms in total. The van der Waals surface area contributed by atoms with Crippen molar-refractivity contribution in [3.05, 3.63) is 70.5 Å². The van der Waals surface area contributed by atoms with Crippen LogP contribution in [0.2, 0.25) is 0 Å². The second kappa shape index (κ2) is 6.19. The fourth-order valence-corrected chi connectivity index (χ4v) is 2.00. The molecule has 2 rings (SSSR count). The van der Waals surface area contributed by atoms with Crippen molar-refractivity contribution < 1.29 is 9.18 Å². The van der Waals surface area contributed by atoms with Gasteiger partial charge in [0.1, 0.15) is 5.82 Å². The van der Waals surface area contributed by atoms with Gasteiger partial charge in [0.25, 0.3) is 5.91 Å². The SMILES string of the molecule is Cc1cc(C(=O)NC(C)c2ccc(C#N)cc2)ccc1F. The zero-order valence-electron chi connectivity index (χ0n) is 11.9. The van der Waals surface area contributed by atoms with Gasteiger partial charge in [0.15, 0.2) is 0 Å². The summed E-state index contributed by atoms with van der Waals surface area (Å²) >= 11 is 0. The molecular weight excluding hydrogens is 267 g/mol. The Kier molecular flexibility index (Phi) is 4.34. The number of carbonyl (C=O) groups excluding carboxylic acids is 1. The van der Waals surface area contributed by atoms with Crippen molar-refractivity contribution >= 4 is 5.91 Å². The summed E-state index contributed by atoms with van der Waals surface area (Å²) in [4.78, 5) is 12.1. The van der Waals surface area contributed by atoms with E-state index in [2.05, 4.69) is 5.32 Å². The normalized spacial score (nSPS) is 11.5. The molecule has 0 saturated carbocycles. The molecule has 0 spiro atoms. The average molecular weight is 282 g/mol. The van der Waals surface area contributed by atoms with Crippen LogP contribution >= 0.6 is 0 Å². The zero-order valence-corrected chi connectivity index (χ0v) is 11.9. The Bertz CT molecular complexity index is 702. The standard InChI is InChI=1S/C17H15FN2O/c1-11-9-15(7-8-16(11)18)17(21)20-12(2)14-5-3-13(10-19)4-6-14/h3-9,12H,1-2H3,(H,20,21). The number of nitriles is 1. The second-order valence-electron chi connectivity index (χ2n) is 4.89. The highest BCUT2D eigenvalue weighted by Gasteiger charge is 2.12. The summed E-state index contributed by atoms with van der Waals surface area (Å²) in [6.07, 6.45) is 0. The molecule has 106 valence electrons. The van der Waals surface area contributed by atoms with Gasteiger partial charge in [-0.15, -0.1) is 0 Å². The molecule has 2 aromatic rings. The van der Waals surface area contributed by atoms with E-state index in [9.17, 15) is 9.18 Å². The van der Waals surface area contributed by atoms with Gasteiger partial charge in [0.05, 0.1) is 17.7 Å². The molecule has 1 unspecified atom stereocenters. The fourth-order valence-electron chi connectivity index (χ4n) is 2.00. The first-order valence-electron chi connectivity index (χ1n) is 6.58. The minimum absolute atomic E-state index is 0.199. The maximum absolute atomic E-state index is 13.2. The lowest BCUT2D eigenvalue weighted by molar-refractivity contribution is 0.0939. The molecule has 0 heterocycles. The summed E-state index contributed by atoms with van der Waals surface area (Å²) in [7, 11) is 0. The van der Waals surface area contributed by atoms with E-state index in [0.29, 0.717) is 16.7 Å². The van der Waals surface area contributed by atoms with E-state index in [4.69, 9.17) is 5.26 Å². The van der Waals surface area contributed by atoms with Crippen LogP contribution in [0.3, 0.4) is 0 Å². The molecule has 1 atom stereocenters. The van der Waals surface area contributed by atoms with E-state index in [-0.39, 0.29) is 17.8 Å². The van der Waals surface area contributed by atoms with Gasteiger partial charge in [-0.3, -0.25) is 4.79 Å². The van der Waals surface area contributed by atoms with Crippen molar-refractivity contribution in [2.75, 3.05) is 0 Å². The number of hydrogen-bond acceptors (Lipinski definition) is 2. The van der Waals surface area contributed by atoms with Crippen molar-refractivity contribution in [1.29, 1.82) is 5.26 Å². The van der Waals surface area contributed by atoms with Gasteiger partial charge in [0, 0.05) is 5.56 Å². The number of aryl methyl sites for hydroxylation is 1. The first-order valence-corrected chi connectivity index (χ1v) is 6.58. The molecular formula is C17H15FN2O. The molecule has 2 aromatic carbocycles. The van der Waals surface area contributed by atoms with Crippen molar-refractivity contribution in [1.82, 2.24) is 5.32 Å². The molecule has 0 saturated heterocycles. The Hall–Kier alpha value is -2.67. The Morgan fingerprint density at radius 1 is 1.24 bits per heavy atom. The molecule has 0 aliphatic rings. The van der Waals surface area contributed by atoms with E-state index in [1.165, 1.54) is 18.2 Å². The van der Waals surface area contributed by atoms with Gasteiger partial charge >= 0.3 is 0 Å². The van der Waals surface area contributed by atoms with Gasteiger partial charge < -0.3 is 5.32 Å². The Labute approximate surface area is 123 Å². The van der Waals surface area contributed by atoms with Gasteiger partial charge in [-0.2, -0.15) is 5.26 Å². The third-order valence-electron chi connectivity index (χ3n) is 3.31. The summed E-state index contributed by atoms with van der Waals surface area (Å²) in [6.45, 7) is 3.48. The average Bonchev–Trinajstić information content (AvgIpc) is 2.50. The molecule has 1 amide bonds. The quantitative estimate of drug-likeness (QED) is 0.936. The van der Waals surface area contributed by atoms with Crippen molar-refractivity contribution in [2.24, 2.45) is 0 Å². The van der Waals surface area contributed by atoms with Crippen molar-refractivity contribution in [3.63, 3.8) is 0 Å². The molecule has 0 aliphatic carbocycles. The van der Waals surface area contributed by atoms with Gasteiger partial charge in [-0.25, -0.2) is 4.39 Å². The third-order valence-corrected chi connectivity index (χ3v) is 3.31. The number of amides is 1. The van der Waals surface area contributed by atoms with Crippen LogP contribution in [0.1, 0.15) is 40.0 Å². The van der Waals surface area contributed by atoms with Crippen LogP contribution in [0.4, 0.5) is 4.39 Å². The number of nitrogens with zero attached hydrogens (tertiary/aromatic N) is 1. The summed E-state index contributed by atoms with van der Waals surface area (Å²) in [6, 6.07) is 13.2. The van der Waals surface area contributed by atoms with Crippen LogP contribution in [0.5, 0.6) is 0 Å². The smallest absolute Gasteiger partial charge is 0.251 e. The third kappa shape index (κ3) is 3.46. The topological polar surface area (TPSA) is 52.9 Å². The first kappa shape index (κ1) is 14.7. The van der Waals surface area contributed by atoms with E-state index in [0.717, 1.165) is 5.56 Å². The molecule has 0 aromatic heterocycles. The lowest BCUT2D eigenvalue weighted by Crippen LogP contribution is -2.26. The highest BCUT2D eigenvalue weighted by Crippen LogP contribution is 2.15. The maximum atomic E-state index is 13.2. The van der Waals surface area contributed by atoms with Crippen molar-refractivity contribution in [2.45, 2.75) is 19.9 Å². The highest BCUT2D eigenvalue weighted by molar-refractivity contribution is 5.94. The van der Waals surface area contributed by atoms with Crippen LogP contribution in [0.25, 0.3) is 0 Å². The summed E-state index contributed by atoms with van der Waals surface area (Å²) in [5, 5.41) is 11.6. The predicted molar refractivity (Wildman–Crippen MR) is 78.2 cm³/mol. The van der Waals surface area contributed by atoms with E-state index >= 15 is 0 Å². The Morgan fingerprint density at radius 3 is 2.48 bits per heavy atom. The number of benzene rings is 2. The van der Waals surface area contributed by atoms with Crippen LogP contribution < -0.4 is 5.32 Å². The fraction of sp³-hybridized carbons (Fsp3) is 0.176. The van der Waals surface area contributed by atoms with Crippen LogP contribution in [-0.2, 0) is 0 Å². The lowest BCUT2D eigenvalue weighted by Gasteiger charge is -2.14. The summed E-state index contributed by atoms with van der Waals surface area (Å²) < 4.78 is 13.2. The highest BCUT2D eigenvalue weighted by atomic mass is 19.1. The number of rotatable bonds is 3. The van der Waals surface area contributed by atoms with Crippen LogP contribution in [0.15, 0.2) is 42.5 Å². The zero-order chi connectivity index (χ0) is 15.4.